The molecular weight excluding hydrogens is 449 g/mol. The predicted molar refractivity (Wildman–Crippen MR) is 123 cm³/mol. The molecule has 10 heteroatoms. The lowest BCUT2D eigenvalue weighted by molar-refractivity contribution is 0.452. The van der Waals surface area contributed by atoms with Crippen LogP contribution in [-0.2, 0) is 17.1 Å². The Morgan fingerprint density at radius 1 is 1.18 bits per heavy atom. The number of halogens is 1. The number of ether oxygens (including phenoxy) is 1. The molecule has 0 fully saturated rings. The second kappa shape index (κ2) is 8.21. The molecule has 0 unspecified atom stereocenters. The Balaban J connectivity index is 1.96. The van der Waals surface area contributed by atoms with Crippen molar-refractivity contribution < 1.29 is 22.1 Å². The first-order valence-corrected chi connectivity index (χ1v) is 11.3. The van der Waals surface area contributed by atoms with Crippen LogP contribution >= 0.6 is 0 Å². The van der Waals surface area contributed by atoms with Crippen LogP contribution < -0.4 is 15.0 Å². The highest BCUT2D eigenvalue weighted by Gasteiger charge is 2.19. The summed E-state index contributed by atoms with van der Waals surface area (Å²) in [7, 11) is -2.20. The summed E-state index contributed by atoms with van der Waals surface area (Å²) in [5, 5.41) is 4.97. The lowest BCUT2D eigenvalue weighted by atomic mass is 10.0. The highest BCUT2D eigenvalue weighted by Crippen LogP contribution is 2.40. The molecule has 0 spiro atoms. The third-order valence-electron chi connectivity index (χ3n) is 5.08. The molecular formula is C23H20FN3O5S. The first kappa shape index (κ1) is 22.3. The third-order valence-corrected chi connectivity index (χ3v) is 6.04. The van der Waals surface area contributed by atoms with Crippen LogP contribution in [0.5, 0.6) is 11.5 Å². The van der Waals surface area contributed by atoms with Crippen molar-refractivity contribution in [3.8, 4) is 22.6 Å². The fourth-order valence-electron chi connectivity index (χ4n) is 3.55. The largest absolute Gasteiger partial charge is 0.456 e. The number of nitrogens with one attached hydrogen (secondary N) is 1. The van der Waals surface area contributed by atoms with Crippen LogP contribution in [0.15, 0.2) is 64.0 Å². The summed E-state index contributed by atoms with van der Waals surface area (Å²) in [6, 6.07) is 7.40. The number of nitrogens with zero attached hydrogens (tertiary/aromatic N) is 2. The van der Waals surface area contributed by atoms with Gasteiger partial charge in [0.1, 0.15) is 17.3 Å². The number of benzene rings is 2. The van der Waals surface area contributed by atoms with Gasteiger partial charge in [-0.1, -0.05) is 11.7 Å². The molecule has 0 aliphatic heterocycles. The van der Waals surface area contributed by atoms with Gasteiger partial charge in [-0.3, -0.25) is 9.52 Å². The molecule has 2 aromatic carbocycles. The van der Waals surface area contributed by atoms with E-state index in [2.05, 4.69) is 16.5 Å². The zero-order chi connectivity index (χ0) is 23.9. The van der Waals surface area contributed by atoms with Crippen molar-refractivity contribution in [2.45, 2.75) is 13.8 Å². The van der Waals surface area contributed by atoms with E-state index in [1.165, 1.54) is 29.0 Å². The number of rotatable bonds is 6. The van der Waals surface area contributed by atoms with E-state index in [1.807, 2.05) is 0 Å². The minimum Gasteiger partial charge on any atom is -0.456 e. The highest BCUT2D eigenvalue weighted by atomic mass is 32.2. The molecule has 0 bridgehead atoms. The fraction of sp³-hybridized carbons (Fsp3) is 0.130. The summed E-state index contributed by atoms with van der Waals surface area (Å²) in [6.07, 6.45) is 2.99. The number of hydrogen-bond acceptors (Lipinski definition) is 6. The molecule has 2 heterocycles. The lowest BCUT2D eigenvalue weighted by Crippen LogP contribution is -2.15. The molecule has 0 atom stereocenters. The quantitative estimate of drug-likeness (QED) is 0.442. The topological polar surface area (TPSA) is 103 Å². The molecule has 0 aliphatic rings. The molecule has 4 rings (SSSR count). The summed E-state index contributed by atoms with van der Waals surface area (Å²) in [5.74, 6) is 0.440. The smallest absolute Gasteiger partial charge is 0.296 e. The van der Waals surface area contributed by atoms with Crippen LogP contribution in [0.4, 0.5) is 10.1 Å². The lowest BCUT2D eigenvalue weighted by Gasteiger charge is -2.17. The first-order valence-electron chi connectivity index (χ1n) is 9.78. The average Bonchev–Trinajstić information content (AvgIpc) is 3.24. The Kier molecular flexibility index (Phi) is 5.54. The predicted octanol–water partition coefficient (Wildman–Crippen LogP) is 4.63. The molecule has 170 valence electrons. The van der Waals surface area contributed by atoms with Crippen LogP contribution in [0.1, 0.15) is 11.1 Å². The van der Waals surface area contributed by atoms with E-state index < -0.39 is 10.0 Å². The SMILES string of the molecule is C=CS(=O)(=O)Nc1ccc(Oc2c(C)cc(F)cc2C)c(-c2cn(C)c(=O)c3oncc23)c1. The first-order chi connectivity index (χ1) is 15.6. The Labute approximate surface area is 189 Å². The number of sulfonamides is 1. The summed E-state index contributed by atoms with van der Waals surface area (Å²) in [4.78, 5) is 12.4. The van der Waals surface area contributed by atoms with Crippen LogP contribution in [0, 0.1) is 19.7 Å². The molecule has 0 amide bonds. The van der Waals surface area contributed by atoms with Crippen molar-refractivity contribution in [3.63, 3.8) is 0 Å². The molecule has 0 radical (unpaired) electrons. The zero-order valence-corrected chi connectivity index (χ0v) is 18.9. The van der Waals surface area contributed by atoms with Gasteiger partial charge in [-0.05, 0) is 55.3 Å². The molecule has 2 aromatic heterocycles. The summed E-state index contributed by atoms with van der Waals surface area (Å²) < 4.78 is 52.9. The van der Waals surface area contributed by atoms with Crippen molar-refractivity contribution in [1.29, 1.82) is 0 Å². The van der Waals surface area contributed by atoms with Gasteiger partial charge in [-0.2, -0.15) is 0 Å². The molecule has 33 heavy (non-hydrogen) atoms. The minimum absolute atomic E-state index is 0.0483. The second-order valence-corrected chi connectivity index (χ2v) is 9.15. The van der Waals surface area contributed by atoms with E-state index in [0.717, 1.165) is 5.41 Å². The van der Waals surface area contributed by atoms with Gasteiger partial charge in [-0.25, -0.2) is 12.8 Å². The van der Waals surface area contributed by atoms with Gasteiger partial charge in [-0.15, -0.1) is 0 Å². The number of anilines is 1. The van der Waals surface area contributed by atoms with Gasteiger partial charge in [0.2, 0.25) is 5.58 Å². The molecule has 0 aliphatic carbocycles. The Morgan fingerprint density at radius 2 is 1.88 bits per heavy atom. The van der Waals surface area contributed by atoms with Gasteiger partial charge >= 0.3 is 0 Å². The van der Waals surface area contributed by atoms with Crippen molar-refractivity contribution in [2.24, 2.45) is 7.05 Å². The van der Waals surface area contributed by atoms with Crippen molar-refractivity contribution in [3.05, 3.63) is 82.0 Å². The van der Waals surface area contributed by atoms with Crippen LogP contribution in [0.3, 0.4) is 0 Å². The van der Waals surface area contributed by atoms with Gasteiger partial charge in [0.05, 0.1) is 11.6 Å². The van der Waals surface area contributed by atoms with E-state index in [4.69, 9.17) is 9.26 Å². The monoisotopic (exact) mass is 469 g/mol. The summed E-state index contributed by atoms with van der Waals surface area (Å²) in [5.41, 5.74) is 2.10. The van der Waals surface area contributed by atoms with E-state index >= 15 is 0 Å². The van der Waals surface area contributed by atoms with Crippen LogP contribution in [-0.4, -0.2) is 18.1 Å². The zero-order valence-electron chi connectivity index (χ0n) is 18.0. The summed E-state index contributed by atoms with van der Waals surface area (Å²) >= 11 is 0. The normalized spacial score (nSPS) is 11.5. The molecule has 1 N–H and O–H groups in total. The molecule has 0 saturated heterocycles. The van der Waals surface area contributed by atoms with Crippen molar-refractivity contribution >= 4 is 26.7 Å². The average molecular weight is 469 g/mol. The van der Waals surface area contributed by atoms with Crippen molar-refractivity contribution in [1.82, 2.24) is 9.72 Å². The Bertz CT molecular complexity index is 1550. The molecule has 8 nitrogen and oxygen atoms in total. The number of pyridine rings is 1. The number of aromatic nitrogens is 2. The maximum Gasteiger partial charge on any atom is 0.296 e. The Hall–Kier alpha value is -3.92. The maximum absolute atomic E-state index is 13.8. The second-order valence-electron chi connectivity index (χ2n) is 7.52. The molecule has 4 aromatic rings. The van der Waals surface area contributed by atoms with Gasteiger partial charge in [0.15, 0.2) is 0 Å². The van der Waals surface area contributed by atoms with E-state index in [-0.39, 0.29) is 22.6 Å². The third kappa shape index (κ3) is 4.24. The standard InChI is InChI=1S/C23H20FN3O5S/c1-5-33(29,30)26-16-6-7-20(31-21-13(2)8-15(24)9-14(21)3)17(10-16)19-12-27(4)23(28)22-18(19)11-25-32-22/h5-12,26H,1H2,2-4H3. The van der Waals surface area contributed by atoms with Crippen LogP contribution in [0.2, 0.25) is 0 Å². The highest BCUT2D eigenvalue weighted by molar-refractivity contribution is 7.95. The number of aryl methyl sites for hydroxylation is 3. The molecule has 0 saturated carbocycles. The van der Waals surface area contributed by atoms with E-state index in [9.17, 15) is 17.6 Å². The number of fused-ring (bicyclic) bond motifs is 1. The minimum atomic E-state index is -3.76. The fourth-order valence-corrected chi connectivity index (χ4v) is 4.09. The summed E-state index contributed by atoms with van der Waals surface area (Å²) in [6.45, 7) is 6.75. The Morgan fingerprint density at radius 3 is 2.55 bits per heavy atom. The number of hydrogen-bond donors (Lipinski definition) is 1. The maximum atomic E-state index is 13.8. The van der Waals surface area contributed by atoms with E-state index in [0.29, 0.717) is 39.1 Å². The van der Waals surface area contributed by atoms with E-state index in [1.54, 1.807) is 39.2 Å². The van der Waals surface area contributed by atoms with Crippen LogP contribution in [0.25, 0.3) is 22.1 Å². The van der Waals surface area contributed by atoms with Gasteiger partial charge in [0.25, 0.3) is 15.6 Å². The van der Waals surface area contributed by atoms with Crippen molar-refractivity contribution in [2.75, 3.05) is 4.72 Å². The van der Waals surface area contributed by atoms with Gasteiger partial charge < -0.3 is 13.8 Å². The van der Waals surface area contributed by atoms with Gasteiger partial charge in [0, 0.05) is 35.5 Å².